The fourth-order valence-corrected chi connectivity index (χ4v) is 3.99. The van der Waals surface area contributed by atoms with E-state index in [0.29, 0.717) is 16.3 Å². The zero-order chi connectivity index (χ0) is 22.7. The lowest BCUT2D eigenvalue weighted by Gasteiger charge is -2.12. The summed E-state index contributed by atoms with van der Waals surface area (Å²) in [6.07, 6.45) is 0.205. The third-order valence-electron chi connectivity index (χ3n) is 5.21. The van der Waals surface area contributed by atoms with Crippen LogP contribution in [0.15, 0.2) is 78.9 Å². The average Bonchev–Trinajstić information content (AvgIpc) is 2.75. The van der Waals surface area contributed by atoms with E-state index in [-0.39, 0.29) is 18.2 Å². The van der Waals surface area contributed by atoms with Crippen molar-refractivity contribution in [2.45, 2.75) is 20.3 Å². The standard InChI is InChI=1S/C27H23ClN2O2/c1-17-12-18(2)14-22(13-17)29-27(32)21-10-11-24(28)25(15-21)30-26(31)16-20-8-5-7-19-6-3-4-9-23(19)20/h3-15H,16H2,1-2H3,(H,29,32)(H,30,31). The molecule has 0 radical (unpaired) electrons. The molecule has 0 atom stereocenters. The molecule has 4 aromatic rings. The summed E-state index contributed by atoms with van der Waals surface area (Å²) in [5.74, 6) is -0.466. The molecule has 0 aliphatic heterocycles. The zero-order valence-electron chi connectivity index (χ0n) is 17.9. The minimum Gasteiger partial charge on any atom is -0.324 e. The summed E-state index contributed by atoms with van der Waals surface area (Å²) in [6.45, 7) is 3.96. The van der Waals surface area contributed by atoms with Crippen molar-refractivity contribution in [3.63, 3.8) is 0 Å². The highest BCUT2D eigenvalue weighted by molar-refractivity contribution is 6.34. The van der Waals surface area contributed by atoms with Crippen molar-refractivity contribution in [2.75, 3.05) is 10.6 Å². The number of halogens is 1. The van der Waals surface area contributed by atoms with E-state index < -0.39 is 0 Å². The summed E-state index contributed by atoms with van der Waals surface area (Å²) in [4.78, 5) is 25.5. The maximum absolute atomic E-state index is 12.8. The van der Waals surface area contributed by atoms with Gasteiger partial charge in [-0.15, -0.1) is 0 Å². The molecule has 0 aliphatic rings. The zero-order valence-corrected chi connectivity index (χ0v) is 18.7. The Hall–Kier alpha value is -3.63. The first kappa shape index (κ1) is 21.6. The van der Waals surface area contributed by atoms with E-state index in [0.717, 1.165) is 33.2 Å². The van der Waals surface area contributed by atoms with Gasteiger partial charge in [0.2, 0.25) is 5.91 Å². The van der Waals surface area contributed by atoms with Gasteiger partial charge in [0.25, 0.3) is 5.91 Å². The van der Waals surface area contributed by atoms with Crippen molar-refractivity contribution in [2.24, 2.45) is 0 Å². The molecule has 0 spiro atoms. The Kier molecular flexibility index (Phi) is 6.24. The molecule has 5 heteroatoms. The first-order chi connectivity index (χ1) is 15.4. The highest BCUT2D eigenvalue weighted by atomic mass is 35.5. The number of benzene rings is 4. The Labute approximate surface area is 192 Å². The predicted molar refractivity (Wildman–Crippen MR) is 132 cm³/mol. The van der Waals surface area contributed by atoms with Gasteiger partial charge in [-0.3, -0.25) is 9.59 Å². The van der Waals surface area contributed by atoms with E-state index >= 15 is 0 Å². The van der Waals surface area contributed by atoms with Crippen LogP contribution in [0.3, 0.4) is 0 Å². The Bertz CT molecular complexity index is 1310. The number of aryl methyl sites for hydroxylation is 2. The van der Waals surface area contributed by atoms with Crippen LogP contribution in [0.1, 0.15) is 27.0 Å². The van der Waals surface area contributed by atoms with Crippen molar-refractivity contribution in [3.05, 3.63) is 106 Å². The maximum Gasteiger partial charge on any atom is 0.255 e. The van der Waals surface area contributed by atoms with E-state index in [4.69, 9.17) is 11.6 Å². The molecule has 0 fully saturated rings. The largest absolute Gasteiger partial charge is 0.324 e. The Morgan fingerprint density at radius 2 is 1.53 bits per heavy atom. The second-order valence-electron chi connectivity index (χ2n) is 7.89. The van der Waals surface area contributed by atoms with Gasteiger partial charge in [0.15, 0.2) is 0 Å². The summed E-state index contributed by atoms with van der Waals surface area (Å²) in [5.41, 5.74) is 4.61. The first-order valence-corrected chi connectivity index (χ1v) is 10.7. The Morgan fingerprint density at radius 1 is 0.812 bits per heavy atom. The summed E-state index contributed by atoms with van der Waals surface area (Å²) >= 11 is 6.30. The van der Waals surface area contributed by atoms with Gasteiger partial charge in [0.1, 0.15) is 0 Å². The lowest BCUT2D eigenvalue weighted by Crippen LogP contribution is -2.16. The van der Waals surface area contributed by atoms with Gasteiger partial charge in [0, 0.05) is 11.3 Å². The van der Waals surface area contributed by atoms with Gasteiger partial charge in [-0.2, -0.15) is 0 Å². The highest BCUT2D eigenvalue weighted by Crippen LogP contribution is 2.25. The van der Waals surface area contributed by atoms with Crippen molar-refractivity contribution < 1.29 is 9.59 Å². The molecule has 0 aliphatic carbocycles. The van der Waals surface area contributed by atoms with Gasteiger partial charge in [-0.1, -0.05) is 60.1 Å². The topological polar surface area (TPSA) is 58.2 Å². The second kappa shape index (κ2) is 9.25. The third-order valence-corrected chi connectivity index (χ3v) is 5.54. The lowest BCUT2D eigenvalue weighted by molar-refractivity contribution is -0.115. The molecule has 2 amide bonds. The smallest absolute Gasteiger partial charge is 0.255 e. The molecule has 4 rings (SSSR count). The van der Waals surface area contributed by atoms with E-state index in [1.165, 1.54) is 0 Å². The van der Waals surface area contributed by atoms with Crippen LogP contribution in [0.2, 0.25) is 5.02 Å². The molecule has 2 N–H and O–H groups in total. The van der Waals surface area contributed by atoms with Crippen LogP contribution in [0.5, 0.6) is 0 Å². The van der Waals surface area contributed by atoms with E-state index in [1.54, 1.807) is 18.2 Å². The molecule has 160 valence electrons. The average molecular weight is 443 g/mol. The van der Waals surface area contributed by atoms with Gasteiger partial charge < -0.3 is 10.6 Å². The summed E-state index contributed by atoms with van der Waals surface area (Å²) in [7, 11) is 0. The van der Waals surface area contributed by atoms with Crippen molar-refractivity contribution >= 4 is 45.6 Å². The number of carbonyl (C=O) groups excluding carboxylic acids is 2. The predicted octanol–water partition coefficient (Wildman–Crippen LogP) is 6.54. The molecule has 32 heavy (non-hydrogen) atoms. The van der Waals surface area contributed by atoms with E-state index in [9.17, 15) is 9.59 Å². The number of rotatable bonds is 5. The number of fused-ring (bicyclic) bond motifs is 1. The lowest BCUT2D eigenvalue weighted by atomic mass is 10.0. The van der Waals surface area contributed by atoms with E-state index in [2.05, 4.69) is 10.6 Å². The molecule has 4 nitrogen and oxygen atoms in total. The Morgan fingerprint density at radius 3 is 2.31 bits per heavy atom. The summed E-state index contributed by atoms with van der Waals surface area (Å²) in [6, 6.07) is 24.6. The van der Waals surface area contributed by atoms with Crippen molar-refractivity contribution in [1.82, 2.24) is 0 Å². The van der Waals surface area contributed by atoms with Gasteiger partial charge in [0.05, 0.1) is 17.1 Å². The number of amides is 2. The molecule has 4 aromatic carbocycles. The molecule has 0 heterocycles. The van der Waals surface area contributed by atoms with Gasteiger partial charge in [-0.05, 0) is 71.6 Å². The second-order valence-corrected chi connectivity index (χ2v) is 8.30. The minimum atomic E-state index is -0.267. The van der Waals surface area contributed by atoms with Crippen LogP contribution in [0.25, 0.3) is 10.8 Å². The summed E-state index contributed by atoms with van der Waals surface area (Å²) in [5, 5.41) is 8.25. The van der Waals surface area contributed by atoms with Gasteiger partial charge >= 0.3 is 0 Å². The monoisotopic (exact) mass is 442 g/mol. The van der Waals surface area contributed by atoms with E-state index in [1.807, 2.05) is 74.5 Å². The molecular formula is C27H23ClN2O2. The fourth-order valence-electron chi connectivity index (χ4n) is 3.83. The quantitative estimate of drug-likeness (QED) is 0.368. The third kappa shape index (κ3) is 4.98. The number of nitrogens with one attached hydrogen (secondary N) is 2. The first-order valence-electron chi connectivity index (χ1n) is 10.3. The van der Waals surface area contributed by atoms with Crippen LogP contribution in [0, 0.1) is 13.8 Å². The van der Waals surface area contributed by atoms with Crippen molar-refractivity contribution in [1.29, 1.82) is 0 Å². The van der Waals surface area contributed by atoms with Crippen LogP contribution in [-0.2, 0) is 11.2 Å². The Balaban J connectivity index is 1.51. The van der Waals surface area contributed by atoms with Crippen molar-refractivity contribution in [3.8, 4) is 0 Å². The van der Waals surface area contributed by atoms with Crippen LogP contribution in [-0.4, -0.2) is 11.8 Å². The molecule has 0 saturated carbocycles. The number of carbonyl (C=O) groups is 2. The normalized spacial score (nSPS) is 10.7. The molecule has 0 unspecified atom stereocenters. The summed E-state index contributed by atoms with van der Waals surface area (Å²) < 4.78 is 0. The molecular weight excluding hydrogens is 420 g/mol. The minimum absolute atomic E-state index is 0.199. The fraction of sp³-hybridized carbons (Fsp3) is 0.111. The highest BCUT2D eigenvalue weighted by Gasteiger charge is 2.13. The molecule has 0 saturated heterocycles. The van der Waals surface area contributed by atoms with Crippen LogP contribution >= 0.6 is 11.6 Å². The molecule has 0 aromatic heterocycles. The molecule has 0 bridgehead atoms. The van der Waals surface area contributed by atoms with Crippen LogP contribution in [0.4, 0.5) is 11.4 Å². The van der Waals surface area contributed by atoms with Gasteiger partial charge in [-0.25, -0.2) is 0 Å². The maximum atomic E-state index is 12.8. The number of hydrogen-bond acceptors (Lipinski definition) is 2. The number of anilines is 2. The SMILES string of the molecule is Cc1cc(C)cc(NC(=O)c2ccc(Cl)c(NC(=O)Cc3cccc4ccccc34)c2)c1. The van der Waals surface area contributed by atoms with Crippen LogP contribution < -0.4 is 10.6 Å². The number of hydrogen-bond donors (Lipinski definition) is 2.